The largest absolute Gasteiger partial charge is 0.340 e. The van der Waals surface area contributed by atoms with E-state index in [1.165, 1.54) is 25.7 Å². The molecule has 0 spiro atoms. The van der Waals surface area contributed by atoms with E-state index in [1.54, 1.807) is 0 Å². The molecule has 1 N–H and O–H groups in total. The van der Waals surface area contributed by atoms with Crippen molar-refractivity contribution in [2.24, 2.45) is 0 Å². The molecule has 1 fully saturated rings. The van der Waals surface area contributed by atoms with E-state index in [9.17, 15) is 4.79 Å². The maximum Gasteiger partial charge on any atom is 0.224 e. The van der Waals surface area contributed by atoms with Crippen molar-refractivity contribution in [3.8, 4) is 0 Å². The van der Waals surface area contributed by atoms with E-state index in [0.717, 1.165) is 19.6 Å². The lowest BCUT2D eigenvalue weighted by molar-refractivity contribution is -0.133. The second-order valence-corrected chi connectivity index (χ2v) is 4.39. The molecule has 1 heterocycles. The minimum absolute atomic E-state index is 0.324. The van der Waals surface area contributed by atoms with Gasteiger partial charge in [-0.15, -0.1) is 0 Å². The average Bonchev–Trinajstić information content (AvgIpc) is 2.43. The van der Waals surface area contributed by atoms with Gasteiger partial charge in [-0.2, -0.15) is 0 Å². The van der Waals surface area contributed by atoms with Gasteiger partial charge >= 0.3 is 0 Å². The normalized spacial score (nSPS) is 22.5. The van der Waals surface area contributed by atoms with Gasteiger partial charge in [0.2, 0.25) is 5.91 Å². The molecule has 0 aromatic heterocycles. The van der Waals surface area contributed by atoms with Gasteiger partial charge in [0, 0.05) is 25.6 Å². The van der Waals surface area contributed by atoms with Crippen molar-refractivity contribution in [2.45, 2.75) is 52.0 Å². The summed E-state index contributed by atoms with van der Waals surface area (Å²) in [5.74, 6) is 0.324. The van der Waals surface area contributed by atoms with Crippen LogP contribution in [0.2, 0.25) is 0 Å². The predicted octanol–water partition coefficient (Wildman–Crippen LogP) is 1.78. The Morgan fingerprint density at radius 1 is 1.40 bits per heavy atom. The number of rotatable bonds is 4. The van der Waals surface area contributed by atoms with Gasteiger partial charge in [0.25, 0.3) is 0 Å². The van der Waals surface area contributed by atoms with Crippen LogP contribution in [0, 0.1) is 0 Å². The van der Waals surface area contributed by atoms with Crippen molar-refractivity contribution in [3.05, 3.63) is 0 Å². The molecule has 1 amide bonds. The highest BCUT2D eigenvalue weighted by molar-refractivity contribution is 5.76. The van der Waals surface area contributed by atoms with Crippen LogP contribution < -0.4 is 5.32 Å². The second kappa shape index (κ2) is 6.83. The number of hydrogen-bond donors (Lipinski definition) is 1. The molecule has 3 heteroatoms. The molecule has 1 atom stereocenters. The number of hydrogen-bond acceptors (Lipinski definition) is 2. The third-order valence-electron chi connectivity index (χ3n) is 3.14. The average molecular weight is 212 g/mol. The first-order valence-electron chi connectivity index (χ1n) is 6.26. The topological polar surface area (TPSA) is 32.3 Å². The summed E-state index contributed by atoms with van der Waals surface area (Å²) in [6.07, 6.45) is 5.56. The van der Waals surface area contributed by atoms with Crippen LogP contribution in [0.4, 0.5) is 0 Å². The maximum absolute atomic E-state index is 11.9. The second-order valence-electron chi connectivity index (χ2n) is 4.39. The first-order chi connectivity index (χ1) is 7.25. The first kappa shape index (κ1) is 12.5. The molecule has 1 unspecified atom stereocenters. The lowest BCUT2D eigenvalue weighted by Crippen LogP contribution is -2.39. The van der Waals surface area contributed by atoms with Crippen LogP contribution in [0.5, 0.6) is 0 Å². The number of carbonyl (C=O) groups is 1. The number of carbonyl (C=O) groups excluding carboxylic acids is 1. The molecule has 1 rings (SSSR count). The van der Waals surface area contributed by atoms with Gasteiger partial charge in [-0.25, -0.2) is 0 Å². The van der Waals surface area contributed by atoms with Crippen LogP contribution in [0.25, 0.3) is 0 Å². The lowest BCUT2D eigenvalue weighted by Gasteiger charge is -2.27. The molecular weight excluding hydrogens is 188 g/mol. The Hall–Kier alpha value is -0.570. The smallest absolute Gasteiger partial charge is 0.224 e. The summed E-state index contributed by atoms with van der Waals surface area (Å²) in [6, 6.07) is 0.446. The quantitative estimate of drug-likeness (QED) is 0.720. The van der Waals surface area contributed by atoms with Gasteiger partial charge < -0.3 is 10.2 Å². The number of nitrogens with one attached hydrogen (secondary N) is 1. The van der Waals surface area contributed by atoms with Crippen LogP contribution in [0.15, 0.2) is 0 Å². The summed E-state index contributed by atoms with van der Waals surface area (Å²) in [5, 5.41) is 3.20. The zero-order chi connectivity index (χ0) is 11.1. The Bertz CT molecular complexity index is 194. The first-order valence-corrected chi connectivity index (χ1v) is 6.26. The highest BCUT2D eigenvalue weighted by Crippen LogP contribution is 2.16. The summed E-state index contributed by atoms with van der Waals surface area (Å²) < 4.78 is 0. The van der Waals surface area contributed by atoms with Crippen molar-refractivity contribution < 1.29 is 4.79 Å². The Morgan fingerprint density at radius 2 is 2.20 bits per heavy atom. The minimum atomic E-state index is 0.324. The zero-order valence-electron chi connectivity index (χ0n) is 10.1. The van der Waals surface area contributed by atoms with Gasteiger partial charge in [-0.3, -0.25) is 4.79 Å². The Balaban J connectivity index is 2.34. The van der Waals surface area contributed by atoms with Crippen molar-refractivity contribution in [3.63, 3.8) is 0 Å². The van der Waals surface area contributed by atoms with E-state index in [0.29, 0.717) is 18.4 Å². The number of likely N-dealkylation sites (tertiary alicyclic amines) is 1. The van der Waals surface area contributed by atoms with Crippen molar-refractivity contribution in [2.75, 3.05) is 19.6 Å². The summed E-state index contributed by atoms with van der Waals surface area (Å²) in [4.78, 5) is 14.0. The van der Waals surface area contributed by atoms with E-state index in [-0.39, 0.29) is 0 Å². The SMILES string of the molecule is CCNCCC(=O)N1CCCCCC1C. The summed E-state index contributed by atoms with van der Waals surface area (Å²) in [5.41, 5.74) is 0. The molecule has 1 aliphatic rings. The monoisotopic (exact) mass is 212 g/mol. The van der Waals surface area contributed by atoms with Crippen LogP contribution in [0.3, 0.4) is 0 Å². The Labute approximate surface area is 93.2 Å². The van der Waals surface area contributed by atoms with Crippen molar-refractivity contribution >= 4 is 5.91 Å². The molecule has 15 heavy (non-hydrogen) atoms. The Morgan fingerprint density at radius 3 is 2.93 bits per heavy atom. The molecule has 1 aliphatic heterocycles. The summed E-state index contributed by atoms with van der Waals surface area (Å²) in [7, 11) is 0. The molecule has 88 valence electrons. The molecule has 0 bridgehead atoms. The van der Waals surface area contributed by atoms with Crippen LogP contribution in [-0.2, 0) is 4.79 Å². The van der Waals surface area contributed by atoms with Crippen molar-refractivity contribution in [1.82, 2.24) is 10.2 Å². The molecule has 3 nitrogen and oxygen atoms in total. The predicted molar refractivity (Wildman–Crippen MR) is 62.8 cm³/mol. The summed E-state index contributed by atoms with van der Waals surface area (Å²) >= 11 is 0. The van der Waals surface area contributed by atoms with E-state index in [1.807, 2.05) is 0 Å². The fraction of sp³-hybridized carbons (Fsp3) is 0.917. The van der Waals surface area contributed by atoms with Gasteiger partial charge in [-0.05, 0) is 26.3 Å². The van der Waals surface area contributed by atoms with Crippen LogP contribution in [0.1, 0.15) is 46.0 Å². The van der Waals surface area contributed by atoms with Gasteiger partial charge in [0.15, 0.2) is 0 Å². The maximum atomic E-state index is 11.9. The van der Waals surface area contributed by atoms with Gasteiger partial charge in [-0.1, -0.05) is 19.8 Å². The van der Waals surface area contributed by atoms with E-state index in [4.69, 9.17) is 0 Å². The molecule has 0 aromatic rings. The number of nitrogens with zero attached hydrogens (tertiary/aromatic N) is 1. The minimum Gasteiger partial charge on any atom is -0.340 e. The van der Waals surface area contributed by atoms with E-state index < -0.39 is 0 Å². The van der Waals surface area contributed by atoms with E-state index >= 15 is 0 Å². The van der Waals surface area contributed by atoms with Crippen molar-refractivity contribution in [1.29, 1.82) is 0 Å². The molecule has 0 saturated carbocycles. The molecule has 0 aliphatic carbocycles. The van der Waals surface area contributed by atoms with Crippen LogP contribution >= 0.6 is 0 Å². The lowest BCUT2D eigenvalue weighted by atomic mass is 10.1. The highest BCUT2D eigenvalue weighted by atomic mass is 16.2. The molecule has 0 aromatic carbocycles. The zero-order valence-corrected chi connectivity index (χ0v) is 10.1. The molecule has 0 radical (unpaired) electrons. The summed E-state index contributed by atoms with van der Waals surface area (Å²) in [6.45, 7) is 6.98. The number of amides is 1. The standard InChI is InChI=1S/C12H24N2O/c1-3-13-9-8-12(15)14-10-6-4-5-7-11(14)2/h11,13H,3-10H2,1-2H3. The third kappa shape index (κ3) is 4.20. The molecular formula is C12H24N2O. The fourth-order valence-electron chi connectivity index (χ4n) is 2.16. The Kier molecular flexibility index (Phi) is 5.69. The van der Waals surface area contributed by atoms with Gasteiger partial charge in [0.1, 0.15) is 0 Å². The van der Waals surface area contributed by atoms with E-state index in [2.05, 4.69) is 24.1 Å². The third-order valence-corrected chi connectivity index (χ3v) is 3.14. The highest BCUT2D eigenvalue weighted by Gasteiger charge is 2.20. The van der Waals surface area contributed by atoms with Crippen LogP contribution in [-0.4, -0.2) is 36.5 Å². The fourth-order valence-corrected chi connectivity index (χ4v) is 2.16. The molecule has 1 saturated heterocycles. The van der Waals surface area contributed by atoms with Gasteiger partial charge in [0.05, 0.1) is 0 Å².